The van der Waals surface area contributed by atoms with Gasteiger partial charge in [0.05, 0.1) is 0 Å². The predicted molar refractivity (Wildman–Crippen MR) is 71.2 cm³/mol. The highest BCUT2D eigenvalue weighted by Gasteiger charge is 2.25. The maximum Gasteiger partial charge on any atom is 0.0202 e. The first-order valence-electron chi connectivity index (χ1n) is 5.78. The van der Waals surface area contributed by atoms with Crippen LogP contribution in [0.4, 0.5) is 0 Å². The smallest absolute Gasteiger partial charge is 0.0202 e. The third-order valence-electron chi connectivity index (χ3n) is 3.50. The van der Waals surface area contributed by atoms with Crippen LogP contribution in [-0.4, -0.2) is 0 Å². The highest BCUT2D eigenvalue weighted by molar-refractivity contribution is 7.17. The highest BCUT2D eigenvalue weighted by atomic mass is 31.0. The molecule has 0 radical (unpaired) electrons. The Bertz CT molecular complexity index is 415. The Hall–Kier alpha value is -0.610. The lowest BCUT2D eigenvalue weighted by atomic mass is 9.96. The van der Waals surface area contributed by atoms with Crippen molar-refractivity contribution in [3.8, 4) is 0 Å². The van der Waals surface area contributed by atoms with E-state index in [2.05, 4.69) is 48.2 Å². The Labute approximate surface area is 95.0 Å². The van der Waals surface area contributed by atoms with E-state index in [4.69, 9.17) is 0 Å². The second-order valence-electron chi connectivity index (χ2n) is 4.23. The van der Waals surface area contributed by atoms with Gasteiger partial charge < -0.3 is 0 Å². The Morgan fingerprint density at radius 3 is 2.53 bits per heavy atom. The van der Waals surface area contributed by atoms with Gasteiger partial charge in [0.1, 0.15) is 0 Å². The van der Waals surface area contributed by atoms with Crippen molar-refractivity contribution < 1.29 is 0 Å². The molecule has 0 aromatic heterocycles. The summed E-state index contributed by atoms with van der Waals surface area (Å²) in [6.07, 6.45) is 2.29. The third kappa shape index (κ3) is 1.56. The molecule has 0 spiro atoms. The molecule has 2 unspecified atom stereocenters. The minimum Gasteiger partial charge on any atom is -0.125 e. The summed E-state index contributed by atoms with van der Waals surface area (Å²) < 4.78 is 0. The molecule has 0 amide bonds. The molecule has 1 aliphatic carbocycles. The molecule has 2 atom stereocenters. The highest BCUT2D eigenvalue weighted by Crippen LogP contribution is 2.47. The molecule has 1 aromatic rings. The van der Waals surface area contributed by atoms with Gasteiger partial charge in [-0.25, -0.2) is 0 Å². The van der Waals surface area contributed by atoms with E-state index in [1.807, 2.05) is 0 Å². The fourth-order valence-electron chi connectivity index (χ4n) is 2.62. The van der Waals surface area contributed by atoms with E-state index in [-0.39, 0.29) is 0 Å². The number of rotatable bonds is 2. The van der Waals surface area contributed by atoms with Crippen LogP contribution in [0.25, 0.3) is 5.57 Å². The van der Waals surface area contributed by atoms with E-state index in [0.29, 0.717) is 5.66 Å². The predicted octanol–water partition coefficient (Wildman–Crippen LogP) is 4.36. The summed E-state index contributed by atoms with van der Waals surface area (Å²) in [5.41, 5.74) is 8.21. The topological polar surface area (TPSA) is 0 Å². The van der Waals surface area contributed by atoms with Crippen LogP contribution in [0.15, 0.2) is 23.8 Å². The van der Waals surface area contributed by atoms with Crippen molar-refractivity contribution in [1.82, 2.24) is 0 Å². The Balaban J connectivity index is 2.66. The molecule has 0 N–H and O–H groups in total. The molecule has 80 valence electrons. The second-order valence-corrected chi connectivity index (χ2v) is 4.89. The maximum atomic E-state index is 2.98. The minimum atomic E-state index is 0.543. The van der Waals surface area contributed by atoms with Crippen molar-refractivity contribution in [1.29, 1.82) is 0 Å². The maximum absolute atomic E-state index is 2.98. The first-order chi connectivity index (χ1) is 7.20. The van der Waals surface area contributed by atoms with Gasteiger partial charge in [-0.05, 0) is 42.0 Å². The van der Waals surface area contributed by atoms with Crippen molar-refractivity contribution in [2.75, 3.05) is 0 Å². The molecule has 1 heteroatoms. The molecule has 0 fully saturated rings. The van der Waals surface area contributed by atoms with Crippen molar-refractivity contribution >= 4 is 14.8 Å². The number of fused-ring (bicyclic) bond motifs is 1. The molecule has 0 heterocycles. The summed E-state index contributed by atoms with van der Waals surface area (Å²) in [6.45, 7) is 6.78. The molecule has 0 nitrogen and oxygen atoms in total. The van der Waals surface area contributed by atoms with E-state index in [1.54, 1.807) is 16.7 Å². The summed E-state index contributed by atoms with van der Waals surface area (Å²) in [6, 6.07) is 6.74. The third-order valence-corrected chi connectivity index (χ3v) is 4.36. The normalized spacial score (nSPS) is 19.6. The summed E-state index contributed by atoms with van der Waals surface area (Å²) in [5, 5.41) is 0. The van der Waals surface area contributed by atoms with Gasteiger partial charge in [-0.15, -0.1) is 9.24 Å². The number of hydrogen-bond acceptors (Lipinski definition) is 0. The molecule has 1 aliphatic rings. The molecule has 0 aliphatic heterocycles. The van der Waals surface area contributed by atoms with Crippen molar-refractivity contribution in [3.63, 3.8) is 0 Å². The molecule has 2 rings (SSSR count). The van der Waals surface area contributed by atoms with Crippen LogP contribution >= 0.6 is 9.24 Å². The van der Waals surface area contributed by atoms with E-state index in [1.165, 1.54) is 11.1 Å². The first kappa shape index (κ1) is 10.9. The zero-order chi connectivity index (χ0) is 11.0. The van der Waals surface area contributed by atoms with Crippen LogP contribution in [0.2, 0.25) is 0 Å². The van der Waals surface area contributed by atoms with Gasteiger partial charge in [0.15, 0.2) is 0 Å². The lowest BCUT2D eigenvalue weighted by Gasteiger charge is -2.10. The zero-order valence-corrected chi connectivity index (χ0v) is 11.0. The largest absolute Gasteiger partial charge is 0.125 e. The van der Waals surface area contributed by atoms with Gasteiger partial charge in [-0.1, -0.05) is 37.6 Å². The van der Waals surface area contributed by atoms with Crippen molar-refractivity contribution in [3.05, 3.63) is 40.5 Å². The van der Waals surface area contributed by atoms with Crippen LogP contribution in [0.3, 0.4) is 0 Å². The van der Waals surface area contributed by atoms with Gasteiger partial charge in [0.2, 0.25) is 0 Å². The van der Waals surface area contributed by atoms with Crippen LogP contribution in [0, 0.1) is 0 Å². The monoisotopic (exact) mass is 218 g/mol. The molecule has 15 heavy (non-hydrogen) atoms. The number of allylic oxidation sites excluding steroid dienone is 2. The number of hydrogen-bond donors (Lipinski definition) is 0. The minimum absolute atomic E-state index is 0.543. The molecule has 0 bridgehead atoms. The molecular weight excluding hydrogens is 199 g/mol. The quantitative estimate of drug-likeness (QED) is 0.647. The lowest BCUT2D eigenvalue weighted by Crippen LogP contribution is -1.92. The Kier molecular flexibility index (Phi) is 2.98. The van der Waals surface area contributed by atoms with Gasteiger partial charge in [-0.3, -0.25) is 0 Å². The average Bonchev–Trinajstić information content (AvgIpc) is 2.52. The summed E-state index contributed by atoms with van der Waals surface area (Å²) in [5.74, 6) is 0. The zero-order valence-electron chi connectivity index (χ0n) is 9.80. The van der Waals surface area contributed by atoms with E-state index >= 15 is 0 Å². The summed E-state index contributed by atoms with van der Waals surface area (Å²) in [4.78, 5) is 0. The fraction of sp³-hybridized carbons (Fsp3) is 0.429. The van der Waals surface area contributed by atoms with Crippen LogP contribution < -0.4 is 0 Å². The first-order valence-corrected chi connectivity index (χ1v) is 6.44. The van der Waals surface area contributed by atoms with Crippen molar-refractivity contribution in [2.24, 2.45) is 0 Å². The summed E-state index contributed by atoms with van der Waals surface area (Å²) >= 11 is 0. The van der Waals surface area contributed by atoms with Gasteiger partial charge in [0.25, 0.3) is 0 Å². The number of benzene rings is 1. The standard InChI is InChI=1S/C14H19P/c1-4-10-7-6-8-12-13(10)11(5-2)9(3)14(12)15/h6-8,14H,4-5,15H2,1-3H3. The number of aryl methyl sites for hydroxylation is 1. The van der Waals surface area contributed by atoms with Crippen LogP contribution in [0.1, 0.15) is 49.5 Å². The van der Waals surface area contributed by atoms with Crippen LogP contribution in [0.5, 0.6) is 0 Å². The SMILES string of the molecule is CCC1=C(C)C(P)c2cccc(CC)c21. The lowest BCUT2D eigenvalue weighted by molar-refractivity contribution is 1.10. The molecule has 1 aromatic carbocycles. The van der Waals surface area contributed by atoms with Gasteiger partial charge in [0, 0.05) is 5.66 Å². The van der Waals surface area contributed by atoms with E-state index in [9.17, 15) is 0 Å². The van der Waals surface area contributed by atoms with E-state index < -0.39 is 0 Å². The van der Waals surface area contributed by atoms with E-state index in [0.717, 1.165) is 12.8 Å². The molecule has 0 saturated heterocycles. The van der Waals surface area contributed by atoms with Gasteiger partial charge in [-0.2, -0.15) is 0 Å². The molecule has 0 saturated carbocycles. The van der Waals surface area contributed by atoms with Crippen molar-refractivity contribution in [2.45, 2.75) is 39.3 Å². The van der Waals surface area contributed by atoms with Gasteiger partial charge >= 0.3 is 0 Å². The fourth-order valence-corrected chi connectivity index (χ4v) is 3.09. The Morgan fingerprint density at radius 2 is 1.93 bits per heavy atom. The molecular formula is C14H19P. The van der Waals surface area contributed by atoms with Crippen LogP contribution in [-0.2, 0) is 6.42 Å². The Morgan fingerprint density at radius 1 is 1.20 bits per heavy atom. The average molecular weight is 218 g/mol. The second kappa shape index (κ2) is 4.10. The summed E-state index contributed by atoms with van der Waals surface area (Å²) in [7, 11) is 2.98.